The van der Waals surface area contributed by atoms with Crippen LogP contribution in [0.25, 0.3) is 0 Å². The van der Waals surface area contributed by atoms with Gasteiger partial charge in [0.2, 0.25) is 0 Å². The highest BCUT2D eigenvalue weighted by molar-refractivity contribution is 5.83. The van der Waals surface area contributed by atoms with Crippen molar-refractivity contribution in [1.29, 1.82) is 0 Å². The van der Waals surface area contributed by atoms with E-state index in [9.17, 15) is 24.3 Å². The molecular weight excluding hydrogens is 632 g/mol. The molecule has 268 valence electrons. The molecule has 1 unspecified atom stereocenters. The van der Waals surface area contributed by atoms with Gasteiger partial charge in [-0.1, -0.05) is 73.7 Å². The van der Waals surface area contributed by atoms with Gasteiger partial charge in [-0.05, 0) is 44.7 Å². The third kappa shape index (κ3) is 9.82. The van der Waals surface area contributed by atoms with Crippen LogP contribution in [0.5, 0.6) is 0 Å². The minimum absolute atomic E-state index is 0. The number of benzene rings is 2. The van der Waals surface area contributed by atoms with Crippen molar-refractivity contribution in [3.8, 4) is 0 Å². The fourth-order valence-corrected chi connectivity index (χ4v) is 6.64. The summed E-state index contributed by atoms with van der Waals surface area (Å²) >= 11 is 0. The first-order valence-electron chi connectivity index (χ1n) is 16.0. The quantitative estimate of drug-likeness (QED) is 0.227. The molecule has 2 amide bonds. The van der Waals surface area contributed by atoms with E-state index in [2.05, 4.69) is 6.58 Å². The van der Waals surface area contributed by atoms with Gasteiger partial charge in [0.05, 0.1) is 45.1 Å². The van der Waals surface area contributed by atoms with Gasteiger partial charge in [-0.2, -0.15) is 0 Å². The summed E-state index contributed by atoms with van der Waals surface area (Å²) in [6.07, 6.45) is -0.991. The van der Waals surface area contributed by atoms with E-state index in [0.717, 1.165) is 16.7 Å². The van der Waals surface area contributed by atoms with Gasteiger partial charge >= 0.3 is 24.1 Å². The number of amides is 2. The summed E-state index contributed by atoms with van der Waals surface area (Å²) < 4.78 is 26.4. The van der Waals surface area contributed by atoms with Crippen molar-refractivity contribution < 1.29 is 48.0 Å². The van der Waals surface area contributed by atoms with Crippen molar-refractivity contribution in [2.45, 2.75) is 84.1 Å². The highest BCUT2D eigenvalue weighted by Crippen LogP contribution is 2.43. The number of esters is 2. The van der Waals surface area contributed by atoms with Gasteiger partial charge < -0.3 is 28.8 Å². The average Bonchev–Trinajstić information content (AvgIpc) is 3.69. The Morgan fingerprint density at radius 1 is 0.837 bits per heavy atom. The molecule has 6 atom stereocenters. The van der Waals surface area contributed by atoms with Crippen LogP contribution in [0.15, 0.2) is 72.8 Å². The maximum absolute atomic E-state index is 12.5. The number of allylic oxidation sites excluding steroid dienone is 1. The third-order valence-electron chi connectivity index (χ3n) is 8.76. The van der Waals surface area contributed by atoms with Gasteiger partial charge in [-0.15, -0.1) is 6.58 Å². The zero-order valence-corrected chi connectivity index (χ0v) is 28.2. The fourth-order valence-electron chi connectivity index (χ4n) is 6.64. The molecule has 49 heavy (non-hydrogen) atoms. The first-order valence-corrected chi connectivity index (χ1v) is 16.0. The molecule has 0 bridgehead atoms. The highest BCUT2D eigenvalue weighted by atomic mass is 16.6. The molecule has 3 heterocycles. The maximum Gasteiger partial charge on any atom is 0.410 e. The molecule has 2 aromatic carbocycles. The first kappa shape index (κ1) is 39.0. The molecule has 12 heteroatoms. The number of carbonyl (C=O) groups is 4. The Bertz CT molecular complexity index is 1430. The summed E-state index contributed by atoms with van der Waals surface area (Å²) in [5.41, 5.74) is 2.28. The average molecular weight is 683 g/mol. The summed E-state index contributed by atoms with van der Waals surface area (Å²) in [5.74, 6) is -1.48. The number of nitrogens with zero attached hydrogens (tertiary/aromatic N) is 2. The van der Waals surface area contributed by atoms with Crippen LogP contribution in [0.4, 0.5) is 9.59 Å². The molecule has 1 N–H and O–H groups in total. The Hall–Kier alpha value is -4.42. The van der Waals surface area contributed by atoms with Crippen molar-refractivity contribution in [2.75, 3.05) is 27.3 Å². The van der Waals surface area contributed by atoms with Crippen LogP contribution in [-0.2, 0) is 46.5 Å². The van der Waals surface area contributed by atoms with E-state index >= 15 is 0 Å². The van der Waals surface area contributed by atoms with E-state index in [4.69, 9.17) is 23.7 Å². The van der Waals surface area contributed by atoms with Crippen LogP contribution >= 0.6 is 0 Å². The number of aliphatic hydroxyl groups excluding tert-OH is 1. The topological polar surface area (TPSA) is 141 Å². The summed E-state index contributed by atoms with van der Waals surface area (Å²) in [6, 6.07) is 17.2. The highest BCUT2D eigenvalue weighted by Gasteiger charge is 2.56. The summed E-state index contributed by atoms with van der Waals surface area (Å²) in [5, 5.41) is 10.3. The molecule has 0 radical (unpaired) electrons. The molecule has 0 aliphatic carbocycles. The number of carbonyl (C=O) groups excluding carboxylic acids is 4. The van der Waals surface area contributed by atoms with E-state index in [-0.39, 0.29) is 44.8 Å². The number of fused-ring (bicyclic) bond motifs is 1. The van der Waals surface area contributed by atoms with Gasteiger partial charge in [0.25, 0.3) is 0 Å². The Morgan fingerprint density at radius 3 is 1.78 bits per heavy atom. The minimum atomic E-state index is -0.870. The molecule has 0 saturated carbocycles. The largest absolute Gasteiger partial charge is 0.467 e. The summed E-state index contributed by atoms with van der Waals surface area (Å²) in [6.45, 7) is 10.3. The molecule has 0 spiro atoms. The predicted molar refractivity (Wildman–Crippen MR) is 181 cm³/mol. The van der Waals surface area contributed by atoms with Crippen molar-refractivity contribution in [1.82, 2.24) is 9.80 Å². The lowest BCUT2D eigenvalue weighted by Gasteiger charge is -2.27. The van der Waals surface area contributed by atoms with E-state index in [1.54, 1.807) is 0 Å². The van der Waals surface area contributed by atoms with Crippen molar-refractivity contribution in [2.24, 2.45) is 11.8 Å². The van der Waals surface area contributed by atoms with E-state index in [1.807, 2.05) is 81.4 Å². The Morgan fingerprint density at radius 2 is 1.31 bits per heavy atom. The first-order chi connectivity index (χ1) is 22.8. The zero-order valence-electron chi connectivity index (χ0n) is 28.2. The number of ether oxygens (including phenoxy) is 5. The van der Waals surface area contributed by atoms with Crippen molar-refractivity contribution >= 4 is 24.1 Å². The van der Waals surface area contributed by atoms with Gasteiger partial charge in [0.1, 0.15) is 25.3 Å². The minimum Gasteiger partial charge on any atom is -0.467 e. The Kier molecular flexibility index (Phi) is 13.8. The number of rotatable bonds is 8. The Balaban J connectivity index is 0.000000260. The number of hydrogen-bond acceptors (Lipinski definition) is 10. The van der Waals surface area contributed by atoms with Gasteiger partial charge in [-0.3, -0.25) is 9.80 Å². The van der Waals surface area contributed by atoms with Gasteiger partial charge in [0, 0.05) is 11.8 Å². The number of hydrogen-bond donors (Lipinski definition) is 1. The molecule has 3 aliphatic heterocycles. The molecule has 5 rings (SSSR count). The fraction of sp³-hybridized carbons (Fsp3) is 0.514. The number of methoxy groups -OCH3 is 2. The molecule has 3 fully saturated rings. The van der Waals surface area contributed by atoms with Crippen LogP contribution in [0.1, 0.15) is 52.2 Å². The third-order valence-corrected chi connectivity index (χ3v) is 8.76. The van der Waals surface area contributed by atoms with Crippen molar-refractivity contribution in [3.05, 3.63) is 83.9 Å². The van der Waals surface area contributed by atoms with Crippen LogP contribution in [0, 0.1) is 11.8 Å². The van der Waals surface area contributed by atoms with Crippen LogP contribution in [-0.4, -0.2) is 96.2 Å². The van der Waals surface area contributed by atoms with Gasteiger partial charge in [0.15, 0.2) is 0 Å². The molecule has 2 aromatic rings. The van der Waals surface area contributed by atoms with Crippen LogP contribution in [0.2, 0.25) is 0 Å². The SMILES string of the molecule is C.C=C(C)C[C@@H]1[C@@H](C(=O)OC)N(C(=O)OCc2ccccc2)C[C@@H]1O.COC(=O)[C@@H]1[C@H]2CC(C)(C)OC2CN1C(=O)OCc1ccccc1. The standard InChI is InChI=1S/2C18H23NO5.CH4/c1-18(2)9-13-14(24-18)10-19(15(13)16(20)22-3)17(21)23-11-12-7-5-4-6-8-12;1-12(2)9-14-15(20)10-19(16(14)17(21)23-3)18(22)24-11-13-7-5-4-6-8-13;/h4-8,13-15H,9-11H2,1-3H3;4-8,14-16,20H,1,9-11H2,2-3H3;1H4/t13-,14?,15-;14-,15-,16-;/m00./s1. The monoisotopic (exact) mass is 682 g/mol. The smallest absolute Gasteiger partial charge is 0.410 e. The van der Waals surface area contributed by atoms with E-state index in [0.29, 0.717) is 19.4 Å². The maximum atomic E-state index is 12.5. The Labute approximate surface area is 288 Å². The second-order valence-electron chi connectivity index (χ2n) is 13.0. The molecular formula is C37H50N2O10. The second kappa shape index (κ2) is 17.3. The molecule has 0 aromatic heterocycles. The number of β-amino-alcohol motifs (C(OH)–C–C–N with tert-alkyl or cyclic N) is 1. The van der Waals surface area contributed by atoms with E-state index < -0.39 is 48.2 Å². The number of aliphatic hydroxyl groups is 1. The lowest BCUT2D eigenvalue weighted by atomic mass is 9.90. The predicted octanol–water partition coefficient (Wildman–Crippen LogP) is 5.12. The molecule has 3 aliphatic rings. The number of likely N-dealkylation sites (tertiary alicyclic amines) is 2. The normalized spacial score (nSPS) is 24.8. The zero-order chi connectivity index (χ0) is 35.0. The van der Waals surface area contributed by atoms with Crippen LogP contribution < -0.4 is 0 Å². The van der Waals surface area contributed by atoms with E-state index in [1.165, 1.54) is 24.0 Å². The second-order valence-corrected chi connectivity index (χ2v) is 13.0. The van der Waals surface area contributed by atoms with Gasteiger partial charge in [-0.25, -0.2) is 19.2 Å². The summed E-state index contributed by atoms with van der Waals surface area (Å²) in [4.78, 5) is 51.9. The summed E-state index contributed by atoms with van der Waals surface area (Å²) in [7, 11) is 2.60. The molecule has 3 saturated heterocycles. The molecule has 12 nitrogen and oxygen atoms in total. The van der Waals surface area contributed by atoms with Crippen molar-refractivity contribution in [3.63, 3.8) is 0 Å². The lowest BCUT2D eigenvalue weighted by Crippen LogP contribution is -2.45. The lowest BCUT2D eigenvalue weighted by molar-refractivity contribution is -0.147. The van der Waals surface area contributed by atoms with Crippen LogP contribution in [0.3, 0.4) is 0 Å².